The van der Waals surface area contributed by atoms with Crippen molar-refractivity contribution >= 4 is 34.6 Å². The van der Waals surface area contributed by atoms with E-state index >= 15 is 0 Å². The molecule has 4 aromatic rings. The van der Waals surface area contributed by atoms with E-state index in [0.29, 0.717) is 11.6 Å². The number of rotatable bonds is 5. The van der Waals surface area contributed by atoms with Crippen LogP contribution < -0.4 is 5.43 Å². The maximum Gasteiger partial charge on any atom is 0.288 e. The van der Waals surface area contributed by atoms with Crippen LogP contribution in [-0.2, 0) is 5.88 Å². The summed E-state index contributed by atoms with van der Waals surface area (Å²) in [5, 5.41) is 5.13. The summed E-state index contributed by atoms with van der Waals surface area (Å²) in [6.07, 6.45) is 1.62. The molecule has 5 heteroatoms. The summed E-state index contributed by atoms with van der Waals surface area (Å²) in [7, 11) is 0. The van der Waals surface area contributed by atoms with Crippen LogP contribution >= 0.6 is 11.6 Å². The summed E-state index contributed by atoms with van der Waals surface area (Å²) in [4.78, 5) is 16.2. The Morgan fingerprint density at radius 3 is 2.55 bits per heavy atom. The number of H-pyrrole nitrogens is 1. The second-order valence-electron chi connectivity index (χ2n) is 6.86. The molecule has 144 valence electrons. The quantitative estimate of drug-likeness (QED) is 0.253. The lowest BCUT2D eigenvalue weighted by Gasteiger charge is -2.05. The average Bonchev–Trinajstić information content (AvgIpc) is 3.13. The van der Waals surface area contributed by atoms with Gasteiger partial charge in [-0.1, -0.05) is 66.2 Å². The lowest BCUT2D eigenvalue weighted by Crippen LogP contribution is -2.18. The van der Waals surface area contributed by atoms with E-state index in [4.69, 9.17) is 11.6 Å². The molecule has 2 N–H and O–H groups in total. The van der Waals surface area contributed by atoms with Crippen LogP contribution in [0.1, 0.15) is 27.2 Å². The molecule has 0 fully saturated rings. The van der Waals surface area contributed by atoms with Crippen molar-refractivity contribution in [2.45, 2.75) is 12.8 Å². The van der Waals surface area contributed by atoms with Gasteiger partial charge in [0.1, 0.15) is 5.69 Å². The van der Waals surface area contributed by atoms with Crippen LogP contribution in [0.25, 0.3) is 22.0 Å². The molecule has 4 nitrogen and oxygen atoms in total. The average molecular weight is 402 g/mol. The third-order valence-electron chi connectivity index (χ3n) is 4.76. The van der Waals surface area contributed by atoms with E-state index in [-0.39, 0.29) is 5.91 Å². The molecule has 0 saturated carbocycles. The minimum Gasteiger partial charge on any atom is -0.350 e. The molecule has 3 aromatic carbocycles. The minimum atomic E-state index is -0.286. The number of alkyl halides is 1. The number of hydrazone groups is 1. The van der Waals surface area contributed by atoms with Crippen molar-refractivity contribution in [1.82, 2.24) is 10.4 Å². The predicted molar refractivity (Wildman–Crippen MR) is 120 cm³/mol. The van der Waals surface area contributed by atoms with Crippen LogP contribution in [0.15, 0.2) is 77.9 Å². The second kappa shape index (κ2) is 8.33. The molecule has 0 bridgehead atoms. The van der Waals surface area contributed by atoms with E-state index in [2.05, 4.69) is 21.6 Å². The molecule has 1 aromatic heterocycles. The maximum atomic E-state index is 12.9. The molecule has 0 aliphatic carbocycles. The summed E-state index contributed by atoms with van der Waals surface area (Å²) in [5.41, 5.74) is 8.96. The third-order valence-corrected chi connectivity index (χ3v) is 5.07. The maximum absolute atomic E-state index is 12.9. The first-order valence-electron chi connectivity index (χ1n) is 9.32. The van der Waals surface area contributed by atoms with E-state index in [1.165, 1.54) is 0 Å². The van der Waals surface area contributed by atoms with E-state index in [0.717, 1.165) is 38.7 Å². The monoisotopic (exact) mass is 401 g/mol. The molecular formula is C24H20ClN3O. The predicted octanol–water partition coefficient (Wildman–Crippen LogP) is 5.65. The van der Waals surface area contributed by atoms with Crippen LogP contribution in [0.4, 0.5) is 0 Å². The van der Waals surface area contributed by atoms with Crippen molar-refractivity contribution in [2.75, 3.05) is 0 Å². The van der Waals surface area contributed by atoms with Gasteiger partial charge in [-0.25, -0.2) is 5.43 Å². The second-order valence-corrected chi connectivity index (χ2v) is 7.13. The molecule has 4 rings (SSSR count). The highest BCUT2D eigenvalue weighted by Gasteiger charge is 2.19. The van der Waals surface area contributed by atoms with Gasteiger partial charge in [-0.15, -0.1) is 11.6 Å². The highest BCUT2D eigenvalue weighted by Crippen LogP contribution is 2.33. The summed E-state index contributed by atoms with van der Waals surface area (Å²) >= 11 is 5.81. The lowest BCUT2D eigenvalue weighted by atomic mass is 10.0. The minimum absolute atomic E-state index is 0.286. The van der Waals surface area contributed by atoms with Gasteiger partial charge < -0.3 is 4.98 Å². The van der Waals surface area contributed by atoms with Gasteiger partial charge in [0, 0.05) is 22.3 Å². The first-order chi connectivity index (χ1) is 14.2. The number of nitrogens with one attached hydrogen (secondary N) is 2. The van der Waals surface area contributed by atoms with Crippen molar-refractivity contribution in [2.24, 2.45) is 5.10 Å². The van der Waals surface area contributed by atoms with E-state index < -0.39 is 0 Å². The number of amides is 1. The molecule has 0 radical (unpaired) electrons. The van der Waals surface area contributed by atoms with Crippen molar-refractivity contribution in [3.63, 3.8) is 0 Å². The molecule has 0 saturated heterocycles. The molecule has 1 heterocycles. The Labute approximate surface area is 174 Å². The number of halogens is 1. The SMILES string of the molecule is Cc1ccc2[nH]c(C(=O)NN=Cc3ccc(CCl)cc3)c(-c3ccccc3)c2c1. The third kappa shape index (κ3) is 4.08. The van der Waals surface area contributed by atoms with Crippen LogP contribution in [-0.4, -0.2) is 17.1 Å². The fourth-order valence-corrected chi connectivity index (χ4v) is 3.47. The summed E-state index contributed by atoms with van der Waals surface area (Å²) in [6, 6.07) is 23.7. The zero-order chi connectivity index (χ0) is 20.2. The normalized spacial score (nSPS) is 11.2. The molecule has 0 aliphatic rings. The van der Waals surface area contributed by atoms with Crippen molar-refractivity contribution < 1.29 is 4.79 Å². The summed E-state index contributed by atoms with van der Waals surface area (Å²) in [6.45, 7) is 2.04. The standard InChI is InChI=1S/C24H20ClN3O/c1-16-7-12-21-20(13-16)22(19-5-3-2-4-6-19)23(27-21)24(29)28-26-15-18-10-8-17(14-25)9-11-18/h2-13,15,27H,14H2,1H3,(H,28,29). The van der Waals surface area contributed by atoms with Gasteiger partial charge in [0.15, 0.2) is 0 Å². The van der Waals surface area contributed by atoms with Gasteiger partial charge in [0.25, 0.3) is 5.91 Å². The van der Waals surface area contributed by atoms with Gasteiger partial charge in [-0.2, -0.15) is 5.10 Å². The Hall–Kier alpha value is -3.37. The highest BCUT2D eigenvalue weighted by molar-refractivity contribution is 6.17. The van der Waals surface area contributed by atoms with Gasteiger partial charge >= 0.3 is 0 Å². The number of aryl methyl sites for hydroxylation is 1. The van der Waals surface area contributed by atoms with E-state index in [1.807, 2.05) is 73.7 Å². The Bertz CT molecular complexity index is 1180. The number of fused-ring (bicyclic) bond motifs is 1. The number of hydrogen-bond acceptors (Lipinski definition) is 2. The van der Waals surface area contributed by atoms with Gasteiger partial charge in [-0.05, 0) is 35.7 Å². The van der Waals surface area contributed by atoms with Crippen LogP contribution in [0.5, 0.6) is 0 Å². The number of aromatic amines is 1. The van der Waals surface area contributed by atoms with Crippen LogP contribution in [0, 0.1) is 6.92 Å². The Balaban J connectivity index is 1.65. The zero-order valence-electron chi connectivity index (χ0n) is 15.9. The molecule has 0 spiro atoms. The number of nitrogens with zero attached hydrogens (tertiary/aromatic N) is 1. The molecule has 1 amide bonds. The first kappa shape index (κ1) is 19.0. The smallest absolute Gasteiger partial charge is 0.288 e. The fraction of sp³-hybridized carbons (Fsp3) is 0.0833. The summed E-state index contributed by atoms with van der Waals surface area (Å²) in [5.74, 6) is 0.183. The van der Waals surface area contributed by atoms with Crippen molar-refractivity contribution in [3.8, 4) is 11.1 Å². The Morgan fingerprint density at radius 1 is 1.07 bits per heavy atom. The number of hydrogen-bond donors (Lipinski definition) is 2. The molecule has 0 unspecified atom stereocenters. The van der Waals surface area contributed by atoms with Gasteiger partial charge in [0.2, 0.25) is 0 Å². The summed E-state index contributed by atoms with van der Waals surface area (Å²) < 4.78 is 0. The van der Waals surface area contributed by atoms with E-state index in [9.17, 15) is 4.79 Å². The number of aromatic nitrogens is 1. The van der Waals surface area contributed by atoms with Crippen LogP contribution in [0.2, 0.25) is 0 Å². The highest BCUT2D eigenvalue weighted by atomic mass is 35.5. The lowest BCUT2D eigenvalue weighted by molar-refractivity contribution is 0.0951. The molecule has 29 heavy (non-hydrogen) atoms. The Morgan fingerprint density at radius 2 is 1.83 bits per heavy atom. The van der Waals surface area contributed by atoms with E-state index in [1.54, 1.807) is 6.21 Å². The molecular weight excluding hydrogens is 382 g/mol. The number of benzene rings is 3. The molecule has 0 atom stereocenters. The fourth-order valence-electron chi connectivity index (χ4n) is 3.29. The first-order valence-corrected chi connectivity index (χ1v) is 9.85. The largest absolute Gasteiger partial charge is 0.350 e. The van der Waals surface area contributed by atoms with Crippen LogP contribution in [0.3, 0.4) is 0 Å². The van der Waals surface area contributed by atoms with Crippen molar-refractivity contribution in [3.05, 3.63) is 95.2 Å². The molecule has 0 aliphatic heterocycles. The number of carbonyl (C=O) groups is 1. The Kier molecular flexibility index (Phi) is 5.45. The number of carbonyl (C=O) groups excluding carboxylic acids is 1. The van der Waals surface area contributed by atoms with Gasteiger partial charge in [-0.3, -0.25) is 4.79 Å². The van der Waals surface area contributed by atoms with Crippen molar-refractivity contribution in [1.29, 1.82) is 0 Å². The topological polar surface area (TPSA) is 57.2 Å². The van der Waals surface area contributed by atoms with Gasteiger partial charge in [0.05, 0.1) is 6.21 Å². The zero-order valence-corrected chi connectivity index (χ0v) is 16.7.